The van der Waals surface area contributed by atoms with E-state index < -0.39 is 29.3 Å². The first-order valence-corrected chi connectivity index (χ1v) is 7.77. The summed E-state index contributed by atoms with van der Waals surface area (Å²) in [6.07, 6.45) is -1.63. The van der Waals surface area contributed by atoms with Gasteiger partial charge in [0.05, 0.1) is 11.3 Å². The molecule has 5 nitrogen and oxygen atoms in total. The third-order valence-corrected chi connectivity index (χ3v) is 4.22. The first kappa shape index (κ1) is 17.2. The van der Waals surface area contributed by atoms with Crippen molar-refractivity contribution in [2.24, 2.45) is 0 Å². The molecule has 1 aromatic heterocycles. The fourth-order valence-corrected chi connectivity index (χ4v) is 2.98. The van der Waals surface area contributed by atoms with Crippen molar-refractivity contribution in [1.82, 2.24) is 15.1 Å². The summed E-state index contributed by atoms with van der Waals surface area (Å²) in [4.78, 5) is 13.8. The molecule has 0 unspecified atom stereocenters. The number of rotatable bonds is 2. The maximum atomic E-state index is 13.9. The summed E-state index contributed by atoms with van der Waals surface area (Å²) >= 11 is 0. The van der Waals surface area contributed by atoms with Crippen LogP contribution in [0.4, 0.5) is 28.0 Å². The highest BCUT2D eigenvalue weighted by Crippen LogP contribution is 2.36. The number of carbonyl (C=O) groups excluding carboxylic acids is 1. The number of hydrogen-bond acceptors (Lipinski definition) is 2. The molecule has 2 heterocycles. The van der Waals surface area contributed by atoms with E-state index in [4.69, 9.17) is 0 Å². The Morgan fingerprint density at radius 3 is 2.80 bits per heavy atom. The van der Waals surface area contributed by atoms with Gasteiger partial charge in [-0.05, 0) is 31.0 Å². The topological polar surface area (TPSA) is 61.0 Å². The standard InChI is InChI=1S/C16H16F4N4O/c17-12-5-1-4-11(16(18,19)20)14(12)22-15(25)24-8-2-3-10(9-24)13-6-7-21-23-13/h1,4-7,10H,2-3,8-9H2,(H,21,23)(H,22,25)/t10-/m0/s1. The van der Waals surface area contributed by atoms with Crippen molar-refractivity contribution in [3.8, 4) is 0 Å². The molecule has 1 saturated heterocycles. The Hall–Kier alpha value is -2.58. The number of carbonyl (C=O) groups is 1. The number of amides is 2. The molecule has 2 N–H and O–H groups in total. The molecule has 0 radical (unpaired) electrons. The van der Waals surface area contributed by atoms with Crippen LogP contribution in [0, 0.1) is 5.82 Å². The van der Waals surface area contributed by atoms with Gasteiger partial charge in [-0.1, -0.05) is 6.07 Å². The molecule has 1 aliphatic rings. The third kappa shape index (κ3) is 3.75. The summed E-state index contributed by atoms with van der Waals surface area (Å²) in [6, 6.07) is 3.63. The predicted molar refractivity (Wildman–Crippen MR) is 82.6 cm³/mol. The number of anilines is 1. The van der Waals surface area contributed by atoms with Crippen molar-refractivity contribution < 1.29 is 22.4 Å². The molecule has 0 bridgehead atoms. The number of nitrogens with one attached hydrogen (secondary N) is 2. The molecule has 0 spiro atoms. The summed E-state index contributed by atoms with van der Waals surface area (Å²) in [7, 11) is 0. The Balaban J connectivity index is 1.77. The van der Waals surface area contributed by atoms with Crippen molar-refractivity contribution in [3.63, 3.8) is 0 Å². The number of urea groups is 1. The van der Waals surface area contributed by atoms with Gasteiger partial charge in [0, 0.05) is 30.9 Å². The zero-order chi connectivity index (χ0) is 18.0. The largest absolute Gasteiger partial charge is 0.418 e. The Bertz CT molecular complexity index is 745. The summed E-state index contributed by atoms with van der Waals surface area (Å²) in [6.45, 7) is 0.718. The van der Waals surface area contributed by atoms with Crippen LogP contribution in [0.15, 0.2) is 30.5 Å². The van der Waals surface area contributed by atoms with Gasteiger partial charge in [0.25, 0.3) is 0 Å². The fraction of sp³-hybridized carbons (Fsp3) is 0.375. The smallest absolute Gasteiger partial charge is 0.324 e. The minimum Gasteiger partial charge on any atom is -0.324 e. The number of nitrogens with zero attached hydrogens (tertiary/aromatic N) is 2. The normalized spacial score (nSPS) is 18.2. The Morgan fingerprint density at radius 2 is 2.12 bits per heavy atom. The quantitative estimate of drug-likeness (QED) is 0.800. The average Bonchev–Trinajstić information content (AvgIpc) is 3.10. The lowest BCUT2D eigenvalue weighted by Gasteiger charge is -2.32. The van der Waals surface area contributed by atoms with Crippen molar-refractivity contribution >= 4 is 11.7 Å². The zero-order valence-corrected chi connectivity index (χ0v) is 13.1. The van der Waals surface area contributed by atoms with E-state index in [1.807, 2.05) is 0 Å². The van der Waals surface area contributed by atoms with Crippen LogP contribution in [0.3, 0.4) is 0 Å². The van der Waals surface area contributed by atoms with Crippen LogP contribution in [0.25, 0.3) is 0 Å². The van der Waals surface area contributed by atoms with E-state index in [2.05, 4.69) is 15.5 Å². The predicted octanol–water partition coefficient (Wildman–Crippen LogP) is 3.98. The number of H-pyrrole nitrogens is 1. The summed E-state index contributed by atoms with van der Waals surface area (Å²) in [5.41, 5.74) is -1.19. The van der Waals surface area contributed by atoms with Crippen LogP contribution in [-0.2, 0) is 6.18 Å². The van der Waals surface area contributed by atoms with Crippen molar-refractivity contribution in [3.05, 3.63) is 47.5 Å². The molecule has 1 fully saturated rings. The Labute approximate surface area is 141 Å². The van der Waals surface area contributed by atoms with Crippen LogP contribution in [-0.4, -0.2) is 34.2 Å². The number of aromatic nitrogens is 2. The fourth-order valence-electron chi connectivity index (χ4n) is 2.98. The lowest BCUT2D eigenvalue weighted by Crippen LogP contribution is -2.42. The molecule has 134 valence electrons. The van der Waals surface area contributed by atoms with Crippen LogP contribution in [0.1, 0.15) is 30.0 Å². The lowest BCUT2D eigenvalue weighted by atomic mass is 9.95. The molecule has 0 saturated carbocycles. The van der Waals surface area contributed by atoms with E-state index in [1.54, 1.807) is 12.3 Å². The van der Waals surface area contributed by atoms with Crippen LogP contribution >= 0.6 is 0 Å². The highest BCUT2D eigenvalue weighted by molar-refractivity contribution is 5.90. The minimum atomic E-state index is -4.76. The van der Waals surface area contributed by atoms with Crippen LogP contribution in [0.5, 0.6) is 0 Å². The van der Waals surface area contributed by atoms with E-state index in [0.29, 0.717) is 19.5 Å². The van der Waals surface area contributed by atoms with Gasteiger partial charge in [-0.15, -0.1) is 0 Å². The molecule has 2 amide bonds. The van der Waals surface area contributed by atoms with Crippen LogP contribution < -0.4 is 5.32 Å². The van der Waals surface area contributed by atoms with Gasteiger partial charge >= 0.3 is 12.2 Å². The summed E-state index contributed by atoms with van der Waals surface area (Å²) < 4.78 is 52.9. The average molecular weight is 356 g/mol. The van der Waals surface area contributed by atoms with Gasteiger partial charge in [0.15, 0.2) is 0 Å². The number of benzene rings is 1. The zero-order valence-electron chi connectivity index (χ0n) is 13.1. The van der Waals surface area contributed by atoms with Crippen molar-refractivity contribution in [1.29, 1.82) is 0 Å². The second kappa shape index (κ2) is 6.73. The van der Waals surface area contributed by atoms with E-state index >= 15 is 0 Å². The number of piperidine rings is 1. The van der Waals surface area contributed by atoms with Gasteiger partial charge in [-0.2, -0.15) is 18.3 Å². The van der Waals surface area contributed by atoms with Gasteiger partial charge in [0.2, 0.25) is 0 Å². The minimum absolute atomic E-state index is 0.0182. The molecule has 2 aromatic rings. The van der Waals surface area contributed by atoms with Crippen molar-refractivity contribution in [2.45, 2.75) is 24.9 Å². The molecular formula is C16H16F4N4O. The molecule has 0 aliphatic carbocycles. The Kier molecular flexibility index (Phi) is 4.65. The molecule has 1 aromatic carbocycles. The van der Waals surface area contributed by atoms with E-state index in [0.717, 1.165) is 30.3 Å². The second-order valence-electron chi connectivity index (χ2n) is 5.89. The molecule has 9 heteroatoms. The monoisotopic (exact) mass is 356 g/mol. The molecule has 1 atom stereocenters. The number of alkyl halides is 3. The van der Waals surface area contributed by atoms with Gasteiger partial charge < -0.3 is 10.2 Å². The van der Waals surface area contributed by atoms with Gasteiger partial charge in [0.1, 0.15) is 5.82 Å². The summed E-state index contributed by atoms with van der Waals surface area (Å²) in [5, 5.41) is 8.79. The van der Waals surface area contributed by atoms with Crippen LogP contribution in [0.2, 0.25) is 0 Å². The first-order valence-electron chi connectivity index (χ1n) is 7.77. The highest BCUT2D eigenvalue weighted by Gasteiger charge is 2.36. The highest BCUT2D eigenvalue weighted by atomic mass is 19.4. The number of para-hydroxylation sites is 1. The SMILES string of the molecule is O=C(Nc1c(F)cccc1C(F)(F)F)N1CCC[C@H](c2ccn[nH]2)C1. The maximum Gasteiger partial charge on any atom is 0.418 e. The van der Waals surface area contributed by atoms with E-state index in [9.17, 15) is 22.4 Å². The summed E-state index contributed by atoms with van der Waals surface area (Å²) in [5.74, 6) is -1.10. The van der Waals surface area contributed by atoms with E-state index in [-0.39, 0.29) is 5.92 Å². The van der Waals surface area contributed by atoms with E-state index in [1.165, 1.54) is 4.90 Å². The first-order chi connectivity index (χ1) is 11.9. The number of halogens is 4. The molecule has 3 rings (SSSR count). The maximum absolute atomic E-state index is 13.9. The number of likely N-dealkylation sites (tertiary alicyclic amines) is 1. The number of aromatic amines is 1. The number of hydrogen-bond donors (Lipinski definition) is 2. The molecule has 1 aliphatic heterocycles. The second-order valence-corrected chi connectivity index (χ2v) is 5.89. The molecule has 25 heavy (non-hydrogen) atoms. The third-order valence-electron chi connectivity index (χ3n) is 4.22. The van der Waals surface area contributed by atoms with Crippen molar-refractivity contribution in [2.75, 3.05) is 18.4 Å². The lowest BCUT2D eigenvalue weighted by molar-refractivity contribution is -0.137. The molecular weight excluding hydrogens is 340 g/mol. The Morgan fingerprint density at radius 1 is 1.32 bits per heavy atom. The van der Waals surface area contributed by atoms with Gasteiger partial charge in [-0.3, -0.25) is 5.10 Å². The van der Waals surface area contributed by atoms with Gasteiger partial charge in [-0.25, -0.2) is 9.18 Å².